The van der Waals surface area contributed by atoms with Gasteiger partial charge in [0.2, 0.25) is 0 Å². The third kappa shape index (κ3) is 5.47. The molecule has 0 aromatic carbocycles. The first-order valence-electron chi connectivity index (χ1n) is 5.72. The van der Waals surface area contributed by atoms with E-state index in [0.717, 1.165) is 39.4 Å². The number of hydrogen-bond donors (Lipinski definition) is 1. The van der Waals surface area contributed by atoms with Crippen LogP contribution in [0, 0.1) is 5.92 Å². The molecule has 2 atom stereocenters. The van der Waals surface area contributed by atoms with Crippen molar-refractivity contribution in [1.29, 1.82) is 0 Å². The molecule has 0 saturated carbocycles. The van der Waals surface area contributed by atoms with Crippen molar-refractivity contribution in [2.75, 3.05) is 53.6 Å². The number of likely N-dealkylation sites (N-methyl/N-ethyl adjacent to an activating group) is 1. The normalized spacial score (nSPS) is 25.4. The fourth-order valence-electron chi connectivity index (χ4n) is 1.82. The predicted molar refractivity (Wildman–Crippen MR) is 61.1 cm³/mol. The maximum absolute atomic E-state index is 5.65. The molecule has 0 bridgehead atoms. The highest BCUT2D eigenvalue weighted by Gasteiger charge is 2.17. The van der Waals surface area contributed by atoms with Crippen molar-refractivity contribution in [3.8, 4) is 0 Å². The number of ether oxygens (including phenoxy) is 2. The highest BCUT2D eigenvalue weighted by atomic mass is 16.5. The molecule has 4 heteroatoms. The van der Waals surface area contributed by atoms with Crippen LogP contribution < -0.4 is 5.32 Å². The molecule has 0 aromatic rings. The van der Waals surface area contributed by atoms with Gasteiger partial charge in [-0.15, -0.1) is 0 Å². The fraction of sp³-hybridized carbons (Fsp3) is 1.00. The van der Waals surface area contributed by atoms with E-state index in [2.05, 4.69) is 24.2 Å². The van der Waals surface area contributed by atoms with E-state index in [0.29, 0.717) is 12.0 Å². The molecule has 15 heavy (non-hydrogen) atoms. The summed E-state index contributed by atoms with van der Waals surface area (Å²) in [6.45, 7) is 7.89. The van der Waals surface area contributed by atoms with E-state index in [-0.39, 0.29) is 0 Å². The zero-order chi connectivity index (χ0) is 11.1. The van der Waals surface area contributed by atoms with E-state index < -0.39 is 0 Å². The number of rotatable bonds is 6. The Morgan fingerprint density at radius 2 is 2.40 bits per heavy atom. The van der Waals surface area contributed by atoms with Gasteiger partial charge >= 0.3 is 0 Å². The molecule has 0 aliphatic carbocycles. The largest absolute Gasteiger partial charge is 0.384 e. The summed E-state index contributed by atoms with van der Waals surface area (Å²) in [6.07, 6.45) is 0.346. The minimum absolute atomic E-state index is 0.346. The summed E-state index contributed by atoms with van der Waals surface area (Å²) >= 11 is 0. The Morgan fingerprint density at radius 3 is 3.07 bits per heavy atom. The van der Waals surface area contributed by atoms with Crippen LogP contribution in [0.15, 0.2) is 0 Å². The van der Waals surface area contributed by atoms with E-state index >= 15 is 0 Å². The summed E-state index contributed by atoms with van der Waals surface area (Å²) in [5.74, 6) is 0.566. The number of morpholine rings is 1. The summed E-state index contributed by atoms with van der Waals surface area (Å²) in [5, 5.41) is 3.43. The average molecular weight is 216 g/mol. The van der Waals surface area contributed by atoms with Gasteiger partial charge in [0, 0.05) is 33.4 Å². The van der Waals surface area contributed by atoms with Crippen LogP contribution in [0.3, 0.4) is 0 Å². The van der Waals surface area contributed by atoms with Crippen LogP contribution in [-0.4, -0.2) is 64.6 Å². The van der Waals surface area contributed by atoms with Crippen LogP contribution in [0.25, 0.3) is 0 Å². The average Bonchev–Trinajstić information content (AvgIpc) is 2.18. The standard InChI is InChI=1S/C11H24N2O2/c1-10(9-14-3)6-12-7-11-8-13(2)4-5-15-11/h10-12H,4-9H2,1-3H3. The van der Waals surface area contributed by atoms with Gasteiger partial charge in [-0.25, -0.2) is 0 Å². The van der Waals surface area contributed by atoms with Crippen molar-refractivity contribution in [1.82, 2.24) is 10.2 Å². The van der Waals surface area contributed by atoms with Crippen molar-refractivity contribution in [3.63, 3.8) is 0 Å². The third-order valence-electron chi connectivity index (χ3n) is 2.66. The van der Waals surface area contributed by atoms with Crippen LogP contribution in [0.5, 0.6) is 0 Å². The Labute approximate surface area is 92.9 Å². The summed E-state index contributed by atoms with van der Waals surface area (Å²) in [7, 11) is 3.89. The lowest BCUT2D eigenvalue weighted by atomic mass is 10.2. The molecule has 0 spiro atoms. The SMILES string of the molecule is COCC(C)CNCC1CN(C)CCO1. The molecule has 1 fully saturated rings. The van der Waals surface area contributed by atoms with Crippen molar-refractivity contribution in [3.05, 3.63) is 0 Å². The second kappa shape index (κ2) is 7.17. The zero-order valence-corrected chi connectivity index (χ0v) is 10.2. The highest BCUT2D eigenvalue weighted by molar-refractivity contribution is 4.71. The molecule has 2 unspecified atom stereocenters. The zero-order valence-electron chi connectivity index (χ0n) is 10.2. The maximum Gasteiger partial charge on any atom is 0.0826 e. The summed E-state index contributed by atoms with van der Waals surface area (Å²) in [4.78, 5) is 2.31. The first-order chi connectivity index (χ1) is 7.22. The lowest BCUT2D eigenvalue weighted by Gasteiger charge is -2.30. The molecular weight excluding hydrogens is 192 g/mol. The lowest BCUT2D eigenvalue weighted by Crippen LogP contribution is -2.45. The van der Waals surface area contributed by atoms with Gasteiger partial charge in [0.1, 0.15) is 0 Å². The molecule has 1 heterocycles. The van der Waals surface area contributed by atoms with Crippen molar-refractivity contribution in [2.24, 2.45) is 5.92 Å². The second-order valence-electron chi connectivity index (χ2n) is 4.47. The molecule has 4 nitrogen and oxygen atoms in total. The van der Waals surface area contributed by atoms with E-state index in [1.165, 1.54) is 0 Å². The van der Waals surface area contributed by atoms with E-state index in [4.69, 9.17) is 9.47 Å². The number of nitrogens with zero attached hydrogens (tertiary/aromatic N) is 1. The van der Waals surface area contributed by atoms with Gasteiger partial charge in [-0.3, -0.25) is 0 Å². The maximum atomic E-state index is 5.65. The smallest absolute Gasteiger partial charge is 0.0826 e. The molecule has 0 aromatic heterocycles. The van der Waals surface area contributed by atoms with Gasteiger partial charge < -0.3 is 19.7 Å². The third-order valence-corrected chi connectivity index (χ3v) is 2.66. The Morgan fingerprint density at radius 1 is 1.60 bits per heavy atom. The summed E-state index contributed by atoms with van der Waals surface area (Å²) < 4.78 is 10.7. The van der Waals surface area contributed by atoms with Crippen LogP contribution in [0.1, 0.15) is 6.92 Å². The quantitative estimate of drug-likeness (QED) is 0.687. The van der Waals surface area contributed by atoms with Gasteiger partial charge in [0.25, 0.3) is 0 Å². The molecule has 1 aliphatic heterocycles. The molecular formula is C11H24N2O2. The molecule has 1 saturated heterocycles. The fourth-order valence-corrected chi connectivity index (χ4v) is 1.82. The molecule has 0 amide bonds. The van der Waals surface area contributed by atoms with E-state index in [1.807, 2.05) is 0 Å². The Balaban J connectivity index is 2.03. The first kappa shape index (κ1) is 12.9. The first-order valence-corrected chi connectivity index (χ1v) is 5.72. The van der Waals surface area contributed by atoms with Gasteiger partial charge in [0.15, 0.2) is 0 Å². The molecule has 1 rings (SSSR count). The summed E-state index contributed by atoms with van der Waals surface area (Å²) in [5.41, 5.74) is 0. The van der Waals surface area contributed by atoms with E-state index in [9.17, 15) is 0 Å². The van der Waals surface area contributed by atoms with Crippen molar-refractivity contribution in [2.45, 2.75) is 13.0 Å². The van der Waals surface area contributed by atoms with Gasteiger partial charge in [-0.2, -0.15) is 0 Å². The number of nitrogens with one attached hydrogen (secondary N) is 1. The topological polar surface area (TPSA) is 33.7 Å². The van der Waals surface area contributed by atoms with Crippen LogP contribution in [-0.2, 0) is 9.47 Å². The Kier molecular flexibility index (Phi) is 6.17. The Bertz CT molecular complexity index is 167. The van der Waals surface area contributed by atoms with Gasteiger partial charge in [-0.1, -0.05) is 6.92 Å². The Hall–Kier alpha value is -0.160. The monoisotopic (exact) mass is 216 g/mol. The minimum Gasteiger partial charge on any atom is -0.384 e. The summed E-state index contributed by atoms with van der Waals surface area (Å²) in [6, 6.07) is 0. The van der Waals surface area contributed by atoms with Crippen molar-refractivity contribution < 1.29 is 9.47 Å². The van der Waals surface area contributed by atoms with Crippen LogP contribution in [0.4, 0.5) is 0 Å². The van der Waals surface area contributed by atoms with Crippen LogP contribution in [0.2, 0.25) is 0 Å². The van der Waals surface area contributed by atoms with Gasteiger partial charge in [-0.05, 0) is 19.5 Å². The van der Waals surface area contributed by atoms with E-state index in [1.54, 1.807) is 7.11 Å². The number of methoxy groups -OCH3 is 1. The predicted octanol–water partition coefficient (Wildman–Crippen LogP) is 0.189. The lowest BCUT2D eigenvalue weighted by molar-refractivity contribution is -0.0186. The molecule has 90 valence electrons. The molecule has 0 radical (unpaired) electrons. The highest BCUT2D eigenvalue weighted by Crippen LogP contribution is 2.01. The van der Waals surface area contributed by atoms with Crippen molar-refractivity contribution >= 4 is 0 Å². The minimum atomic E-state index is 0.346. The van der Waals surface area contributed by atoms with Crippen LogP contribution >= 0.6 is 0 Å². The number of hydrogen-bond acceptors (Lipinski definition) is 4. The molecule has 1 aliphatic rings. The second-order valence-corrected chi connectivity index (χ2v) is 4.47. The van der Waals surface area contributed by atoms with Gasteiger partial charge in [0.05, 0.1) is 12.7 Å². The molecule has 1 N–H and O–H groups in total.